The first kappa shape index (κ1) is 11.9. The van der Waals surface area contributed by atoms with Gasteiger partial charge in [-0.25, -0.2) is 4.39 Å². The molecule has 0 radical (unpaired) electrons. The molecule has 0 bridgehead atoms. The second kappa shape index (κ2) is 5.15. The zero-order chi connectivity index (χ0) is 11.5. The Labute approximate surface area is 101 Å². The molecule has 1 nitrogen and oxygen atoms in total. The van der Waals surface area contributed by atoms with Crippen LogP contribution in [0.2, 0.25) is 5.02 Å². The molecule has 16 heavy (non-hydrogen) atoms. The number of hydrogen-bond donors (Lipinski definition) is 1. The maximum atomic E-state index is 13.3. The summed E-state index contributed by atoms with van der Waals surface area (Å²) < 4.78 is 13.3. The van der Waals surface area contributed by atoms with Crippen molar-refractivity contribution in [2.24, 2.45) is 5.92 Å². The number of benzene rings is 1. The van der Waals surface area contributed by atoms with E-state index >= 15 is 0 Å². The third-order valence-corrected chi connectivity index (χ3v) is 3.76. The van der Waals surface area contributed by atoms with Gasteiger partial charge in [0.2, 0.25) is 0 Å². The predicted octanol–water partition coefficient (Wildman–Crippen LogP) is 3.41. The highest BCUT2D eigenvalue weighted by Gasteiger charge is 2.23. The van der Waals surface area contributed by atoms with Crippen LogP contribution in [0.4, 0.5) is 4.39 Å². The molecule has 1 aromatic carbocycles. The van der Waals surface area contributed by atoms with Gasteiger partial charge in [0.25, 0.3) is 0 Å². The first-order valence-electron chi connectivity index (χ1n) is 5.80. The Hall–Kier alpha value is -0.600. The van der Waals surface area contributed by atoms with Gasteiger partial charge in [-0.05, 0) is 56.3 Å². The second-order valence-corrected chi connectivity index (χ2v) is 5.02. The zero-order valence-electron chi connectivity index (χ0n) is 9.47. The quantitative estimate of drug-likeness (QED) is 0.855. The highest BCUT2D eigenvalue weighted by atomic mass is 35.5. The normalized spacial score (nSPS) is 24.9. The highest BCUT2D eigenvalue weighted by Crippen LogP contribution is 2.29. The summed E-state index contributed by atoms with van der Waals surface area (Å²) in [4.78, 5) is 0. The van der Waals surface area contributed by atoms with Gasteiger partial charge in [0.15, 0.2) is 0 Å². The van der Waals surface area contributed by atoms with Crippen LogP contribution < -0.4 is 5.32 Å². The molecule has 1 aliphatic carbocycles. The molecular weight excluding hydrogens is 225 g/mol. The minimum absolute atomic E-state index is 0.211. The Morgan fingerprint density at radius 3 is 2.88 bits per heavy atom. The van der Waals surface area contributed by atoms with E-state index in [4.69, 9.17) is 11.6 Å². The van der Waals surface area contributed by atoms with Crippen LogP contribution in [0.1, 0.15) is 24.8 Å². The van der Waals surface area contributed by atoms with Crippen LogP contribution in [0, 0.1) is 11.7 Å². The molecule has 3 heteroatoms. The van der Waals surface area contributed by atoms with Gasteiger partial charge in [0.05, 0.1) is 5.02 Å². The lowest BCUT2D eigenvalue weighted by Crippen LogP contribution is -2.21. The van der Waals surface area contributed by atoms with Crippen LogP contribution >= 0.6 is 11.6 Å². The van der Waals surface area contributed by atoms with Crippen LogP contribution in [0.25, 0.3) is 0 Å². The summed E-state index contributed by atoms with van der Waals surface area (Å²) in [5, 5.41) is 3.52. The number of hydrogen-bond acceptors (Lipinski definition) is 1. The standard InChI is InChI=1S/C13H17ClFN/c1-16-11-4-2-9(7-11)6-10-3-5-12(14)13(15)8-10/h3,5,8-9,11,16H,2,4,6-7H2,1H3. The van der Waals surface area contributed by atoms with Gasteiger partial charge in [0, 0.05) is 6.04 Å². The van der Waals surface area contributed by atoms with E-state index in [0.717, 1.165) is 12.0 Å². The number of halogens is 2. The van der Waals surface area contributed by atoms with E-state index in [9.17, 15) is 4.39 Å². The molecule has 0 spiro atoms. The molecule has 2 rings (SSSR count). The maximum absolute atomic E-state index is 13.3. The minimum atomic E-state index is -0.303. The third kappa shape index (κ3) is 2.74. The molecular formula is C13H17ClFN. The lowest BCUT2D eigenvalue weighted by Gasteiger charge is -2.11. The summed E-state index contributed by atoms with van der Waals surface area (Å²) in [6.45, 7) is 0. The zero-order valence-corrected chi connectivity index (χ0v) is 10.2. The highest BCUT2D eigenvalue weighted by molar-refractivity contribution is 6.30. The van der Waals surface area contributed by atoms with E-state index in [1.165, 1.54) is 19.3 Å². The van der Waals surface area contributed by atoms with E-state index in [0.29, 0.717) is 12.0 Å². The summed E-state index contributed by atoms with van der Waals surface area (Å²) in [6, 6.07) is 5.78. The van der Waals surface area contributed by atoms with Gasteiger partial charge in [0.1, 0.15) is 5.82 Å². The van der Waals surface area contributed by atoms with Crippen molar-refractivity contribution in [3.8, 4) is 0 Å². The van der Waals surface area contributed by atoms with Crippen molar-refractivity contribution >= 4 is 11.6 Å². The summed E-state index contributed by atoms with van der Waals surface area (Å²) in [6.07, 6.45) is 4.63. The molecule has 1 N–H and O–H groups in total. The third-order valence-electron chi connectivity index (χ3n) is 3.46. The van der Waals surface area contributed by atoms with Crippen molar-refractivity contribution in [3.63, 3.8) is 0 Å². The van der Waals surface area contributed by atoms with Crippen molar-refractivity contribution in [2.45, 2.75) is 31.7 Å². The van der Waals surface area contributed by atoms with Crippen LogP contribution in [-0.4, -0.2) is 13.1 Å². The largest absolute Gasteiger partial charge is 0.317 e. The van der Waals surface area contributed by atoms with Gasteiger partial charge < -0.3 is 5.32 Å². The Morgan fingerprint density at radius 2 is 2.25 bits per heavy atom. The monoisotopic (exact) mass is 241 g/mol. The van der Waals surface area contributed by atoms with E-state index in [-0.39, 0.29) is 10.8 Å². The van der Waals surface area contributed by atoms with Gasteiger partial charge in [-0.3, -0.25) is 0 Å². The molecule has 0 heterocycles. The minimum Gasteiger partial charge on any atom is -0.317 e. The lowest BCUT2D eigenvalue weighted by atomic mass is 9.98. The molecule has 1 aromatic rings. The molecule has 1 aliphatic rings. The van der Waals surface area contributed by atoms with Crippen molar-refractivity contribution < 1.29 is 4.39 Å². The molecule has 1 fully saturated rings. The molecule has 2 atom stereocenters. The molecule has 0 aromatic heterocycles. The van der Waals surface area contributed by atoms with E-state index in [1.807, 2.05) is 13.1 Å². The van der Waals surface area contributed by atoms with E-state index in [2.05, 4.69) is 5.32 Å². The average molecular weight is 242 g/mol. The first-order chi connectivity index (χ1) is 7.69. The summed E-state index contributed by atoms with van der Waals surface area (Å²) >= 11 is 5.66. The van der Waals surface area contributed by atoms with Gasteiger partial charge in [-0.15, -0.1) is 0 Å². The fraction of sp³-hybridized carbons (Fsp3) is 0.538. The van der Waals surface area contributed by atoms with Crippen molar-refractivity contribution in [1.29, 1.82) is 0 Å². The molecule has 0 aliphatic heterocycles. The lowest BCUT2D eigenvalue weighted by molar-refractivity contribution is 0.508. The van der Waals surface area contributed by atoms with Crippen LogP contribution in [0.3, 0.4) is 0 Å². The maximum Gasteiger partial charge on any atom is 0.142 e. The summed E-state index contributed by atoms with van der Waals surface area (Å²) in [5.74, 6) is 0.375. The van der Waals surface area contributed by atoms with Crippen LogP contribution in [0.15, 0.2) is 18.2 Å². The van der Waals surface area contributed by atoms with Crippen molar-refractivity contribution in [1.82, 2.24) is 5.32 Å². The fourth-order valence-corrected chi connectivity index (χ4v) is 2.64. The SMILES string of the molecule is CNC1CCC(Cc2ccc(Cl)c(F)c2)C1. The summed E-state index contributed by atoms with van der Waals surface area (Å²) in [7, 11) is 2.01. The summed E-state index contributed by atoms with van der Waals surface area (Å²) in [5.41, 5.74) is 1.06. The van der Waals surface area contributed by atoms with Gasteiger partial charge in [-0.2, -0.15) is 0 Å². The molecule has 2 unspecified atom stereocenters. The van der Waals surface area contributed by atoms with Gasteiger partial charge in [-0.1, -0.05) is 17.7 Å². The Kier molecular flexibility index (Phi) is 3.82. The van der Waals surface area contributed by atoms with E-state index in [1.54, 1.807) is 12.1 Å². The Morgan fingerprint density at radius 1 is 1.44 bits per heavy atom. The fourth-order valence-electron chi connectivity index (χ4n) is 2.52. The topological polar surface area (TPSA) is 12.0 Å². The molecule has 88 valence electrons. The first-order valence-corrected chi connectivity index (χ1v) is 6.18. The number of rotatable bonds is 3. The van der Waals surface area contributed by atoms with E-state index < -0.39 is 0 Å². The molecule has 1 saturated carbocycles. The molecule has 0 amide bonds. The Bertz CT molecular complexity index is 367. The average Bonchev–Trinajstić information content (AvgIpc) is 2.71. The van der Waals surface area contributed by atoms with Crippen molar-refractivity contribution in [2.75, 3.05) is 7.05 Å². The van der Waals surface area contributed by atoms with Gasteiger partial charge >= 0.3 is 0 Å². The Balaban J connectivity index is 1.97. The van der Waals surface area contributed by atoms with Crippen LogP contribution in [-0.2, 0) is 6.42 Å². The van der Waals surface area contributed by atoms with Crippen LogP contribution in [0.5, 0.6) is 0 Å². The van der Waals surface area contributed by atoms with Crippen molar-refractivity contribution in [3.05, 3.63) is 34.6 Å². The predicted molar refractivity (Wildman–Crippen MR) is 65.3 cm³/mol. The molecule has 0 saturated heterocycles. The second-order valence-electron chi connectivity index (χ2n) is 4.62. The smallest absolute Gasteiger partial charge is 0.142 e. The number of nitrogens with one attached hydrogen (secondary N) is 1.